The molecule has 7 nitrogen and oxygen atoms in total. The van der Waals surface area contributed by atoms with E-state index in [1.165, 1.54) is 10.4 Å². The van der Waals surface area contributed by atoms with Crippen molar-refractivity contribution in [3.63, 3.8) is 0 Å². The van der Waals surface area contributed by atoms with Gasteiger partial charge in [0, 0.05) is 46.0 Å². The molecule has 2 saturated heterocycles. The smallest absolute Gasteiger partial charge is 0.270 e. The van der Waals surface area contributed by atoms with Crippen LogP contribution in [0.25, 0.3) is 0 Å². The maximum Gasteiger partial charge on any atom is 0.270 e. The van der Waals surface area contributed by atoms with Crippen molar-refractivity contribution in [3.05, 3.63) is 18.0 Å². The van der Waals surface area contributed by atoms with Crippen LogP contribution in [-0.2, 0) is 21.8 Å². The minimum atomic E-state index is -3.51. The number of carbonyl (C=O) groups excluding carboxylic acids is 1. The molecule has 1 unspecified atom stereocenters. The van der Waals surface area contributed by atoms with Gasteiger partial charge in [0.25, 0.3) is 5.91 Å². The van der Waals surface area contributed by atoms with Crippen molar-refractivity contribution in [1.82, 2.24) is 13.8 Å². The van der Waals surface area contributed by atoms with E-state index in [0.29, 0.717) is 38.5 Å². The molecule has 140 valence electrons. The minimum Gasteiger partial charge on any atom is -0.377 e. The van der Waals surface area contributed by atoms with Crippen LogP contribution in [0.15, 0.2) is 17.2 Å². The van der Waals surface area contributed by atoms with Gasteiger partial charge >= 0.3 is 0 Å². The van der Waals surface area contributed by atoms with Crippen LogP contribution in [0.1, 0.15) is 43.1 Å². The van der Waals surface area contributed by atoms with Crippen molar-refractivity contribution in [2.75, 3.05) is 32.8 Å². The highest BCUT2D eigenvalue weighted by Crippen LogP contribution is 2.24. The Morgan fingerprint density at radius 1 is 1.24 bits per heavy atom. The lowest BCUT2D eigenvalue weighted by atomic mass is 10.1. The SMILES string of the molecule is CCOC1CCCN(C(=O)c2cc(S(=O)(=O)N3CCCC3)cn2C)C1. The molecule has 1 aromatic rings. The molecule has 3 rings (SSSR count). The fourth-order valence-electron chi connectivity index (χ4n) is 3.62. The molecule has 1 amide bonds. The van der Waals surface area contributed by atoms with E-state index in [1.54, 1.807) is 22.7 Å². The first-order valence-corrected chi connectivity index (χ1v) is 10.4. The zero-order valence-electron chi connectivity index (χ0n) is 15.0. The lowest BCUT2D eigenvalue weighted by Crippen LogP contribution is -2.43. The van der Waals surface area contributed by atoms with E-state index in [-0.39, 0.29) is 16.9 Å². The molecule has 0 saturated carbocycles. The fraction of sp³-hybridized carbons (Fsp3) is 0.706. The second-order valence-corrected chi connectivity index (χ2v) is 8.69. The number of sulfonamides is 1. The number of hydrogen-bond acceptors (Lipinski definition) is 4. The molecule has 1 aromatic heterocycles. The van der Waals surface area contributed by atoms with Gasteiger partial charge in [-0.05, 0) is 38.7 Å². The van der Waals surface area contributed by atoms with E-state index >= 15 is 0 Å². The summed E-state index contributed by atoms with van der Waals surface area (Å²) in [7, 11) is -1.78. The Kier molecular flexibility index (Phi) is 5.50. The van der Waals surface area contributed by atoms with Crippen LogP contribution in [0, 0.1) is 0 Å². The molecule has 2 aliphatic heterocycles. The highest BCUT2D eigenvalue weighted by Gasteiger charge is 2.31. The lowest BCUT2D eigenvalue weighted by Gasteiger charge is -2.32. The Labute approximate surface area is 149 Å². The van der Waals surface area contributed by atoms with E-state index in [9.17, 15) is 13.2 Å². The van der Waals surface area contributed by atoms with Crippen molar-refractivity contribution < 1.29 is 17.9 Å². The quantitative estimate of drug-likeness (QED) is 0.788. The van der Waals surface area contributed by atoms with Crippen molar-refractivity contribution in [2.24, 2.45) is 7.05 Å². The summed E-state index contributed by atoms with van der Waals surface area (Å²) in [4.78, 5) is 14.8. The van der Waals surface area contributed by atoms with Crippen molar-refractivity contribution in [3.8, 4) is 0 Å². The van der Waals surface area contributed by atoms with Crippen molar-refractivity contribution >= 4 is 15.9 Å². The Balaban J connectivity index is 1.79. The normalized spacial score (nSPS) is 22.5. The van der Waals surface area contributed by atoms with Gasteiger partial charge < -0.3 is 14.2 Å². The molecular formula is C17H27N3O4S. The number of rotatable bonds is 5. The van der Waals surface area contributed by atoms with E-state index in [0.717, 1.165) is 25.7 Å². The van der Waals surface area contributed by atoms with Gasteiger partial charge in [-0.15, -0.1) is 0 Å². The standard InChI is InChI=1S/C17H27N3O4S/c1-3-24-14-7-6-8-19(12-14)17(21)16-11-15(13-18(16)2)25(22,23)20-9-4-5-10-20/h11,13-14H,3-10,12H2,1-2H3. The number of piperidine rings is 1. The van der Waals surface area contributed by atoms with Crippen LogP contribution in [0.5, 0.6) is 0 Å². The van der Waals surface area contributed by atoms with Crippen LogP contribution in [-0.4, -0.2) is 67.0 Å². The number of hydrogen-bond donors (Lipinski definition) is 0. The van der Waals surface area contributed by atoms with Crippen LogP contribution in [0.3, 0.4) is 0 Å². The molecule has 8 heteroatoms. The van der Waals surface area contributed by atoms with Gasteiger partial charge in [-0.25, -0.2) is 8.42 Å². The molecule has 2 aliphatic rings. The van der Waals surface area contributed by atoms with E-state index < -0.39 is 10.0 Å². The number of aromatic nitrogens is 1. The number of nitrogens with zero attached hydrogens (tertiary/aromatic N) is 3. The van der Waals surface area contributed by atoms with Gasteiger partial charge in [0.15, 0.2) is 0 Å². The first-order valence-electron chi connectivity index (χ1n) is 9.01. The monoisotopic (exact) mass is 369 g/mol. The summed E-state index contributed by atoms with van der Waals surface area (Å²) < 4.78 is 34.2. The summed E-state index contributed by atoms with van der Waals surface area (Å²) >= 11 is 0. The van der Waals surface area contributed by atoms with Crippen LogP contribution < -0.4 is 0 Å². The van der Waals surface area contributed by atoms with Crippen molar-refractivity contribution in [2.45, 2.75) is 43.6 Å². The topological polar surface area (TPSA) is 71.8 Å². The van der Waals surface area contributed by atoms with Crippen molar-refractivity contribution in [1.29, 1.82) is 0 Å². The maximum absolute atomic E-state index is 12.9. The van der Waals surface area contributed by atoms with Gasteiger partial charge in [0.2, 0.25) is 10.0 Å². The van der Waals surface area contributed by atoms with Gasteiger partial charge in [0.05, 0.1) is 6.10 Å². The molecule has 1 atom stereocenters. The molecule has 0 N–H and O–H groups in total. The van der Waals surface area contributed by atoms with E-state index in [1.807, 2.05) is 6.92 Å². The fourth-order valence-corrected chi connectivity index (χ4v) is 5.21. The largest absolute Gasteiger partial charge is 0.377 e. The van der Waals surface area contributed by atoms with Gasteiger partial charge in [-0.2, -0.15) is 4.31 Å². The van der Waals surface area contributed by atoms with Gasteiger partial charge in [0.1, 0.15) is 10.6 Å². The number of ether oxygens (including phenoxy) is 1. The predicted octanol–water partition coefficient (Wildman–Crippen LogP) is 1.45. The first-order chi connectivity index (χ1) is 11.9. The Hall–Kier alpha value is -1.38. The van der Waals surface area contributed by atoms with Crippen LogP contribution >= 0.6 is 0 Å². The van der Waals surface area contributed by atoms with E-state index in [2.05, 4.69) is 0 Å². The number of likely N-dealkylation sites (tertiary alicyclic amines) is 1. The third-order valence-corrected chi connectivity index (χ3v) is 6.83. The lowest BCUT2D eigenvalue weighted by molar-refractivity contribution is 0.00690. The highest BCUT2D eigenvalue weighted by atomic mass is 32.2. The first kappa shape index (κ1) is 18.4. The molecule has 25 heavy (non-hydrogen) atoms. The number of aryl methyl sites for hydroxylation is 1. The van der Waals surface area contributed by atoms with Gasteiger partial charge in [-0.3, -0.25) is 4.79 Å². The Bertz CT molecular complexity index is 720. The second-order valence-electron chi connectivity index (χ2n) is 6.75. The average Bonchev–Trinajstić information content (AvgIpc) is 3.25. The highest BCUT2D eigenvalue weighted by molar-refractivity contribution is 7.89. The molecule has 3 heterocycles. The molecule has 0 radical (unpaired) electrons. The number of carbonyl (C=O) groups is 1. The van der Waals surface area contributed by atoms with Gasteiger partial charge in [-0.1, -0.05) is 0 Å². The summed E-state index contributed by atoms with van der Waals surface area (Å²) in [5, 5.41) is 0. The summed E-state index contributed by atoms with van der Waals surface area (Å²) in [6.45, 7) is 4.95. The molecule has 0 aromatic carbocycles. The third-order valence-electron chi connectivity index (χ3n) is 4.97. The van der Waals surface area contributed by atoms with Crippen LogP contribution in [0.4, 0.5) is 0 Å². The van der Waals surface area contributed by atoms with E-state index in [4.69, 9.17) is 4.74 Å². The number of amides is 1. The van der Waals surface area contributed by atoms with Crippen LogP contribution in [0.2, 0.25) is 0 Å². The average molecular weight is 369 g/mol. The minimum absolute atomic E-state index is 0.0655. The maximum atomic E-state index is 12.9. The summed E-state index contributed by atoms with van der Waals surface area (Å²) in [5.74, 6) is -0.130. The Morgan fingerprint density at radius 3 is 2.64 bits per heavy atom. The Morgan fingerprint density at radius 2 is 1.96 bits per heavy atom. The molecule has 0 bridgehead atoms. The zero-order valence-corrected chi connectivity index (χ0v) is 15.8. The molecular weight excluding hydrogens is 342 g/mol. The summed E-state index contributed by atoms with van der Waals surface area (Å²) in [6.07, 6.45) is 5.26. The molecule has 2 fully saturated rings. The predicted molar refractivity (Wildman–Crippen MR) is 94.0 cm³/mol. The second kappa shape index (κ2) is 7.47. The molecule has 0 aliphatic carbocycles. The third kappa shape index (κ3) is 3.75. The molecule has 0 spiro atoms. The summed E-state index contributed by atoms with van der Waals surface area (Å²) in [5.41, 5.74) is 0.412. The summed E-state index contributed by atoms with van der Waals surface area (Å²) in [6, 6.07) is 1.51. The zero-order chi connectivity index (χ0) is 18.0.